The van der Waals surface area contributed by atoms with E-state index in [1.54, 1.807) is 14.2 Å². The minimum Gasteiger partial charge on any atom is -0.496 e. The second-order valence-corrected chi connectivity index (χ2v) is 7.32. The van der Waals surface area contributed by atoms with E-state index in [1.165, 1.54) is 5.56 Å². The van der Waals surface area contributed by atoms with Crippen molar-refractivity contribution in [1.82, 2.24) is 4.90 Å². The zero-order valence-electron chi connectivity index (χ0n) is 17.0. The summed E-state index contributed by atoms with van der Waals surface area (Å²) in [7, 11) is 5.38. The summed E-state index contributed by atoms with van der Waals surface area (Å²) in [5.74, 6) is 2.88. The molecule has 1 N–H and O–H groups in total. The molecule has 0 saturated carbocycles. The maximum atomic E-state index is 9.75. The molecule has 0 saturated heterocycles. The third kappa shape index (κ3) is 3.58. The van der Waals surface area contributed by atoms with Gasteiger partial charge in [-0.05, 0) is 36.7 Å². The highest BCUT2D eigenvalue weighted by atomic mass is 16.7. The Bertz CT molecular complexity index is 928. The van der Waals surface area contributed by atoms with Crippen LogP contribution >= 0.6 is 0 Å². The molecule has 2 aliphatic rings. The van der Waals surface area contributed by atoms with Crippen molar-refractivity contribution in [3.63, 3.8) is 0 Å². The Morgan fingerprint density at radius 1 is 1.24 bits per heavy atom. The largest absolute Gasteiger partial charge is 0.496 e. The number of likely N-dealkylation sites (N-methyl/N-ethyl adjacent to an activating group) is 1. The highest BCUT2D eigenvalue weighted by Gasteiger charge is 2.34. The number of oxime groups is 1. The van der Waals surface area contributed by atoms with Gasteiger partial charge in [0.05, 0.1) is 19.9 Å². The SMILES string of the molecule is COc1ccccc1C/C(C[C@@H]1c2c(cc3c(c2OC)OCO3)CCN1C)=N/O. The van der Waals surface area contributed by atoms with Crippen LogP contribution in [0.5, 0.6) is 23.0 Å². The minimum absolute atomic E-state index is 0.00353. The summed E-state index contributed by atoms with van der Waals surface area (Å²) in [4.78, 5) is 2.26. The van der Waals surface area contributed by atoms with E-state index in [0.29, 0.717) is 30.1 Å². The molecule has 154 valence electrons. The third-order valence-electron chi connectivity index (χ3n) is 5.70. The van der Waals surface area contributed by atoms with Crippen LogP contribution < -0.4 is 18.9 Å². The molecule has 2 aliphatic heterocycles. The molecule has 1 atom stereocenters. The fraction of sp³-hybridized carbons (Fsp3) is 0.409. The molecule has 0 unspecified atom stereocenters. The summed E-state index contributed by atoms with van der Waals surface area (Å²) in [6, 6.07) is 9.84. The Labute approximate surface area is 170 Å². The second-order valence-electron chi connectivity index (χ2n) is 7.32. The lowest BCUT2D eigenvalue weighted by Gasteiger charge is -2.36. The number of nitrogens with zero attached hydrogens (tertiary/aromatic N) is 2. The van der Waals surface area contributed by atoms with Crippen LogP contribution in [-0.4, -0.2) is 50.4 Å². The summed E-state index contributed by atoms with van der Waals surface area (Å²) in [6.07, 6.45) is 1.97. The predicted molar refractivity (Wildman–Crippen MR) is 109 cm³/mol. The average Bonchev–Trinajstić information content (AvgIpc) is 3.22. The van der Waals surface area contributed by atoms with Crippen LogP contribution in [0.15, 0.2) is 35.5 Å². The van der Waals surface area contributed by atoms with Crippen molar-refractivity contribution in [2.75, 3.05) is 34.6 Å². The van der Waals surface area contributed by atoms with Crippen molar-refractivity contribution < 1.29 is 24.2 Å². The number of hydrogen-bond acceptors (Lipinski definition) is 7. The average molecular weight is 398 g/mol. The minimum atomic E-state index is 0.00353. The number of hydrogen-bond donors (Lipinski definition) is 1. The lowest BCUT2D eigenvalue weighted by Crippen LogP contribution is -2.34. The Balaban J connectivity index is 1.67. The first-order valence-electron chi connectivity index (χ1n) is 9.67. The lowest BCUT2D eigenvalue weighted by molar-refractivity contribution is 0.170. The Kier molecular flexibility index (Phi) is 5.49. The van der Waals surface area contributed by atoms with E-state index in [4.69, 9.17) is 18.9 Å². The van der Waals surface area contributed by atoms with Gasteiger partial charge in [-0.25, -0.2) is 0 Å². The zero-order valence-corrected chi connectivity index (χ0v) is 17.0. The number of rotatable bonds is 6. The van der Waals surface area contributed by atoms with E-state index < -0.39 is 0 Å². The van der Waals surface area contributed by atoms with Gasteiger partial charge in [0.2, 0.25) is 12.5 Å². The van der Waals surface area contributed by atoms with Gasteiger partial charge < -0.3 is 24.2 Å². The van der Waals surface area contributed by atoms with Gasteiger partial charge in [0, 0.05) is 31.0 Å². The van der Waals surface area contributed by atoms with Crippen molar-refractivity contribution in [2.24, 2.45) is 5.16 Å². The predicted octanol–water partition coefficient (Wildman–Crippen LogP) is 3.42. The van der Waals surface area contributed by atoms with Gasteiger partial charge in [-0.3, -0.25) is 4.90 Å². The van der Waals surface area contributed by atoms with Gasteiger partial charge in [-0.2, -0.15) is 0 Å². The molecule has 0 radical (unpaired) electrons. The fourth-order valence-corrected chi connectivity index (χ4v) is 4.22. The molecule has 0 fully saturated rings. The molecule has 0 spiro atoms. The van der Waals surface area contributed by atoms with E-state index in [-0.39, 0.29) is 12.8 Å². The monoisotopic (exact) mass is 398 g/mol. The van der Waals surface area contributed by atoms with Gasteiger partial charge in [0.1, 0.15) is 5.75 Å². The number of ether oxygens (including phenoxy) is 4. The smallest absolute Gasteiger partial charge is 0.231 e. The zero-order chi connectivity index (χ0) is 20.4. The maximum absolute atomic E-state index is 9.75. The van der Waals surface area contributed by atoms with Crippen LogP contribution in [0.2, 0.25) is 0 Å². The normalized spacial score (nSPS) is 18.4. The number of benzene rings is 2. The molecule has 2 aromatic carbocycles. The van der Waals surface area contributed by atoms with E-state index in [9.17, 15) is 5.21 Å². The first kappa shape index (κ1) is 19.4. The molecule has 2 aromatic rings. The second kappa shape index (κ2) is 8.21. The summed E-state index contributed by atoms with van der Waals surface area (Å²) >= 11 is 0. The summed E-state index contributed by atoms with van der Waals surface area (Å²) in [5, 5.41) is 13.4. The van der Waals surface area contributed by atoms with Crippen molar-refractivity contribution in [1.29, 1.82) is 0 Å². The molecule has 0 bridgehead atoms. The first-order chi connectivity index (χ1) is 14.2. The van der Waals surface area contributed by atoms with E-state index in [1.807, 2.05) is 24.3 Å². The highest BCUT2D eigenvalue weighted by Crippen LogP contribution is 2.50. The molecule has 0 aliphatic carbocycles. The van der Waals surface area contributed by atoms with Crippen molar-refractivity contribution in [3.8, 4) is 23.0 Å². The maximum Gasteiger partial charge on any atom is 0.231 e. The van der Waals surface area contributed by atoms with E-state index in [0.717, 1.165) is 35.6 Å². The quantitative estimate of drug-likeness (QED) is 0.457. The van der Waals surface area contributed by atoms with Crippen LogP contribution in [-0.2, 0) is 12.8 Å². The topological polar surface area (TPSA) is 72.8 Å². The summed E-state index contributed by atoms with van der Waals surface area (Å²) in [5.41, 5.74) is 3.92. The van der Waals surface area contributed by atoms with Gasteiger partial charge in [0.25, 0.3) is 0 Å². The summed E-state index contributed by atoms with van der Waals surface area (Å²) in [6.45, 7) is 1.10. The van der Waals surface area contributed by atoms with E-state index >= 15 is 0 Å². The lowest BCUT2D eigenvalue weighted by atomic mass is 9.87. The molecule has 0 amide bonds. The molecular weight excluding hydrogens is 372 g/mol. The fourth-order valence-electron chi connectivity index (χ4n) is 4.22. The van der Waals surface area contributed by atoms with Gasteiger partial charge in [-0.1, -0.05) is 23.4 Å². The first-order valence-corrected chi connectivity index (χ1v) is 9.67. The molecule has 29 heavy (non-hydrogen) atoms. The molecular formula is C22H26N2O5. The molecule has 7 nitrogen and oxygen atoms in total. The molecule has 0 aromatic heterocycles. The van der Waals surface area contributed by atoms with Gasteiger partial charge in [-0.15, -0.1) is 0 Å². The molecule has 4 rings (SSSR count). The van der Waals surface area contributed by atoms with Crippen molar-refractivity contribution in [3.05, 3.63) is 47.0 Å². The Morgan fingerprint density at radius 3 is 2.83 bits per heavy atom. The van der Waals surface area contributed by atoms with Crippen molar-refractivity contribution in [2.45, 2.75) is 25.3 Å². The highest BCUT2D eigenvalue weighted by molar-refractivity contribution is 5.87. The standard InChI is InChI=1S/C22H26N2O5/c1-24-9-8-15-11-19-21(29-13-28-19)22(27-3)20(15)17(24)12-16(23-25)10-14-6-4-5-7-18(14)26-2/h4-7,11,17,25H,8-10,12-13H2,1-3H3/b23-16-/t17-/m1/s1. The van der Waals surface area contributed by atoms with Crippen LogP contribution in [0, 0.1) is 0 Å². The van der Waals surface area contributed by atoms with Crippen molar-refractivity contribution >= 4 is 5.71 Å². The van der Waals surface area contributed by atoms with E-state index in [2.05, 4.69) is 23.2 Å². The Hall–Kier alpha value is -2.93. The third-order valence-corrected chi connectivity index (χ3v) is 5.70. The van der Waals surface area contributed by atoms with Crippen LogP contribution in [0.3, 0.4) is 0 Å². The number of methoxy groups -OCH3 is 2. The van der Waals surface area contributed by atoms with Gasteiger partial charge in [0.15, 0.2) is 11.5 Å². The van der Waals surface area contributed by atoms with Crippen LogP contribution in [0.1, 0.15) is 29.2 Å². The van der Waals surface area contributed by atoms with Gasteiger partial charge >= 0.3 is 0 Å². The van der Waals surface area contributed by atoms with Crippen LogP contribution in [0.4, 0.5) is 0 Å². The molecule has 7 heteroatoms. The molecule has 2 heterocycles. The summed E-state index contributed by atoms with van der Waals surface area (Å²) < 4.78 is 22.4. The number of para-hydroxylation sites is 1. The Morgan fingerprint density at radius 2 is 2.07 bits per heavy atom. The van der Waals surface area contributed by atoms with Crippen LogP contribution in [0.25, 0.3) is 0 Å². The number of fused-ring (bicyclic) bond motifs is 2.